The monoisotopic (exact) mass is 84.0 g/mol. The first-order valence-corrected chi connectivity index (χ1v) is 1.61. The smallest absolute Gasteiger partial charge is 0.227 e. The summed E-state index contributed by atoms with van der Waals surface area (Å²) in [5.74, 6) is 0. The maximum Gasteiger partial charge on any atom is 0.227 e. The molecule has 0 rings (SSSR count). The van der Waals surface area contributed by atoms with Crippen LogP contribution in [0.3, 0.4) is 0 Å². The summed E-state index contributed by atoms with van der Waals surface area (Å²) < 4.78 is 0. The number of hydrogen-bond acceptors (Lipinski definition) is 2. The molecule has 1 N–H and O–H groups in total. The van der Waals surface area contributed by atoms with Gasteiger partial charge in [0.05, 0.1) is 0 Å². The third kappa shape index (κ3) is 3.21. The molecule has 0 spiro atoms. The summed E-state index contributed by atoms with van der Waals surface area (Å²) in [6.45, 7) is 0. The average Bonchev–Trinajstić information content (AvgIpc) is 1.61. The zero-order valence-electron chi connectivity index (χ0n) is 3.56. The van der Waals surface area contributed by atoms with Crippen LogP contribution in [0, 0.1) is 0 Å². The molecule has 0 bridgehead atoms. The van der Waals surface area contributed by atoms with E-state index in [0.29, 0.717) is 0 Å². The van der Waals surface area contributed by atoms with Gasteiger partial charge in [-0.3, -0.25) is 4.79 Å². The summed E-state index contributed by atoms with van der Waals surface area (Å²) in [7, 11) is 1.72. The van der Waals surface area contributed by atoms with Crippen molar-refractivity contribution in [1.82, 2.24) is 5.32 Å². The summed E-state index contributed by atoms with van der Waals surface area (Å²) in [6.07, 6.45) is 4.35. The number of rotatable bonds is 2. The largest absolute Gasteiger partial charge is 0.394 e. The van der Waals surface area contributed by atoms with Crippen LogP contribution < -0.4 is 5.32 Å². The molecule has 0 saturated carbocycles. The molecule has 0 aromatic carbocycles. The van der Waals surface area contributed by atoms with E-state index in [-0.39, 0.29) is 0 Å². The van der Waals surface area contributed by atoms with Crippen molar-refractivity contribution in [2.24, 2.45) is 0 Å². The van der Waals surface area contributed by atoms with Crippen molar-refractivity contribution in [2.45, 2.75) is 0 Å². The van der Waals surface area contributed by atoms with Crippen LogP contribution in [0.4, 0.5) is 0 Å². The lowest BCUT2D eigenvalue weighted by Gasteiger charge is -1.74. The zero-order chi connectivity index (χ0) is 4.83. The van der Waals surface area contributed by atoms with Gasteiger partial charge in [-0.05, 0) is 0 Å². The van der Waals surface area contributed by atoms with Gasteiger partial charge in [-0.1, -0.05) is 0 Å². The Hall–Kier alpha value is -0.790. The van der Waals surface area contributed by atoms with E-state index in [1.54, 1.807) is 13.3 Å². The molecule has 0 atom stereocenters. The van der Waals surface area contributed by atoms with Crippen LogP contribution >= 0.6 is 0 Å². The normalized spacial score (nSPS) is 8.83. The van der Waals surface area contributed by atoms with Crippen LogP contribution in [0.5, 0.6) is 0 Å². The zero-order valence-corrected chi connectivity index (χ0v) is 3.56. The highest BCUT2D eigenvalue weighted by molar-refractivity contribution is 5.65. The fourth-order valence-corrected chi connectivity index (χ4v) is 0.117. The maximum absolute atomic E-state index is 9.31. The van der Waals surface area contributed by atoms with Gasteiger partial charge in [0.1, 0.15) is 0 Å². The van der Waals surface area contributed by atoms with E-state index in [4.69, 9.17) is 0 Å². The van der Waals surface area contributed by atoms with Gasteiger partial charge in [0.15, 0.2) is 0 Å². The average molecular weight is 84.1 g/mol. The standard InChI is InChI=1S/C4H6NO/c1-5-3-2-4-6/h2-3,5H,1H3. The third-order valence-electron chi connectivity index (χ3n) is 0.318. The highest BCUT2D eigenvalue weighted by Gasteiger charge is 1.57. The van der Waals surface area contributed by atoms with Gasteiger partial charge < -0.3 is 5.32 Å². The quantitative estimate of drug-likeness (QED) is 0.470. The fraction of sp³-hybridized carbons (Fsp3) is 0.250. The summed E-state index contributed by atoms with van der Waals surface area (Å²) in [5.41, 5.74) is 0. The molecule has 0 aliphatic carbocycles. The first kappa shape index (κ1) is 5.21. The fourth-order valence-electron chi connectivity index (χ4n) is 0.117. The molecule has 0 fully saturated rings. The van der Waals surface area contributed by atoms with Gasteiger partial charge in [-0.2, -0.15) is 0 Å². The Morgan fingerprint density at radius 3 is 2.67 bits per heavy atom. The van der Waals surface area contributed by atoms with Crippen LogP contribution in [0.25, 0.3) is 0 Å². The lowest BCUT2D eigenvalue weighted by molar-refractivity contribution is 0.564. The molecule has 0 amide bonds. The molecule has 2 nitrogen and oxygen atoms in total. The van der Waals surface area contributed by atoms with E-state index in [1.807, 2.05) is 0 Å². The predicted molar refractivity (Wildman–Crippen MR) is 23.9 cm³/mol. The molecule has 0 aliphatic rings. The molecule has 0 heterocycles. The minimum atomic E-state index is 1.26. The minimum absolute atomic E-state index is 1.26. The second-order valence-corrected chi connectivity index (χ2v) is 0.740. The van der Waals surface area contributed by atoms with Crippen LogP contribution in [0.15, 0.2) is 12.3 Å². The first-order valence-electron chi connectivity index (χ1n) is 1.61. The second kappa shape index (κ2) is 4.21. The van der Waals surface area contributed by atoms with Crippen molar-refractivity contribution < 1.29 is 4.79 Å². The molecule has 0 unspecified atom stereocenters. The highest BCUT2D eigenvalue weighted by atomic mass is 16.1. The summed E-state index contributed by atoms with van der Waals surface area (Å²) in [5, 5.41) is 2.63. The Kier molecular flexibility index (Phi) is 3.66. The summed E-state index contributed by atoms with van der Waals surface area (Å²) in [4.78, 5) is 9.31. The van der Waals surface area contributed by atoms with E-state index < -0.39 is 0 Å². The van der Waals surface area contributed by atoms with E-state index in [2.05, 4.69) is 5.32 Å². The number of hydrogen-bond donors (Lipinski definition) is 1. The van der Waals surface area contributed by atoms with Gasteiger partial charge >= 0.3 is 0 Å². The number of nitrogens with one attached hydrogen (secondary N) is 1. The first-order chi connectivity index (χ1) is 2.91. The molecule has 0 saturated heterocycles. The number of carbonyl (C=O) groups excluding carboxylic acids is 1. The molecule has 0 aromatic rings. The van der Waals surface area contributed by atoms with Crippen LogP contribution in [-0.2, 0) is 4.79 Å². The topological polar surface area (TPSA) is 29.1 Å². The molecule has 2 heteroatoms. The Labute approximate surface area is 36.9 Å². The molecule has 6 heavy (non-hydrogen) atoms. The Morgan fingerprint density at radius 2 is 2.50 bits per heavy atom. The molecule has 1 radical (unpaired) electrons. The minimum Gasteiger partial charge on any atom is -0.394 e. The lowest BCUT2D eigenvalue weighted by Crippen LogP contribution is -1.90. The maximum atomic E-state index is 9.31. The Balaban J connectivity index is 2.94. The van der Waals surface area contributed by atoms with Crippen LogP contribution in [-0.4, -0.2) is 13.3 Å². The van der Waals surface area contributed by atoms with Gasteiger partial charge in [-0.15, -0.1) is 0 Å². The lowest BCUT2D eigenvalue weighted by atomic mass is 10.7. The third-order valence-corrected chi connectivity index (χ3v) is 0.318. The van der Waals surface area contributed by atoms with Crippen molar-refractivity contribution in [1.29, 1.82) is 0 Å². The predicted octanol–water partition coefficient (Wildman–Crippen LogP) is -0.171. The Morgan fingerprint density at radius 1 is 1.83 bits per heavy atom. The van der Waals surface area contributed by atoms with Crippen LogP contribution in [0.1, 0.15) is 0 Å². The van der Waals surface area contributed by atoms with E-state index in [1.165, 1.54) is 12.3 Å². The van der Waals surface area contributed by atoms with Crippen molar-refractivity contribution in [3.8, 4) is 0 Å². The molecular formula is C4H6NO. The summed E-state index contributed by atoms with van der Waals surface area (Å²) >= 11 is 0. The van der Waals surface area contributed by atoms with Gasteiger partial charge in [0.25, 0.3) is 0 Å². The highest BCUT2D eigenvalue weighted by Crippen LogP contribution is 1.51. The van der Waals surface area contributed by atoms with E-state index >= 15 is 0 Å². The molecule has 0 aliphatic heterocycles. The van der Waals surface area contributed by atoms with Gasteiger partial charge in [-0.25, -0.2) is 0 Å². The van der Waals surface area contributed by atoms with E-state index in [0.717, 1.165) is 0 Å². The van der Waals surface area contributed by atoms with Crippen LogP contribution in [0.2, 0.25) is 0 Å². The molecule has 33 valence electrons. The number of allylic oxidation sites excluding steroid dienone is 1. The second-order valence-electron chi connectivity index (χ2n) is 0.740. The molecule has 0 aromatic heterocycles. The SMILES string of the molecule is CNC=C[C]=O. The van der Waals surface area contributed by atoms with Crippen molar-refractivity contribution in [3.63, 3.8) is 0 Å². The molecular weight excluding hydrogens is 78.0 g/mol. The van der Waals surface area contributed by atoms with E-state index in [9.17, 15) is 4.79 Å². The van der Waals surface area contributed by atoms with Gasteiger partial charge in [0, 0.05) is 19.3 Å². The summed E-state index contributed by atoms with van der Waals surface area (Å²) in [6, 6.07) is 0. The van der Waals surface area contributed by atoms with Crippen molar-refractivity contribution >= 4 is 6.29 Å². The van der Waals surface area contributed by atoms with Gasteiger partial charge in [0.2, 0.25) is 6.29 Å². The van der Waals surface area contributed by atoms with Crippen molar-refractivity contribution in [3.05, 3.63) is 12.3 Å². The Bertz CT molecular complexity index is 58.6. The van der Waals surface area contributed by atoms with Crippen molar-refractivity contribution in [2.75, 3.05) is 7.05 Å².